The van der Waals surface area contributed by atoms with E-state index < -0.39 is 0 Å². The van der Waals surface area contributed by atoms with E-state index in [1.54, 1.807) is 0 Å². The van der Waals surface area contributed by atoms with Crippen molar-refractivity contribution in [2.75, 3.05) is 5.32 Å². The second-order valence-corrected chi connectivity index (χ2v) is 6.26. The van der Waals surface area contributed by atoms with E-state index in [0.29, 0.717) is 0 Å². The van der Waals surface area contributed by atoms with Crippen LogP contribution < -0.4 is 5.32 Å². The first kappa shape index (κ1) is 16.9. The van der Waals surface area contributed by atoms with E-state index >= 15 is 0 Å². The maximum absolute atomic E-state index is 4.81. The van der Waals surface area contributed by atoms with Gasteiger partial charge in [0.2, 0.25) is 0 Å². The maximum atomic E-state index is 4.81. The number of benzene rings is 2. The quantitative estimate of drug-likeness (QED) is 0.624. The molecule has 1 N–H and O–H groups in total. The van der Waals surface area contributed by atoms with Crippen LogP contribution in [0.1, 0.15) is 22.4 Å². The molecular weight excluding hydrogens is 306 g/mol. The highest BCUT2D eigenvalue weighted by Crippen LogP contribution is 2.27. The molecule has 0 aliphatic carbocycles. The van der Waals surface area contributed by atoms with Crippen LogP contribution in [-0.2, 0) is 6.42 Å². The molecule has 0 amide bonds. The third kappa shape index (κ3) is 3.77. The zero-order valence-corrected chi connectivity index (χ0v) is 15.0. The lowest BCUT2D eigenvalue weighted by Crippen LogP contribution is -2.06. The van der Waals surface area contributed by atoms with Gasteiger partial charge in [0.15, 0.2) is 5.82 Å². The molecule has 0 aliphatic heterocycles. The lowest BCUT2D eigenvalue weighted by Gasteiger charge is -2.16. The first-order chi connectivity index (χ1) is 12.1. The van der Waals surface area contributed by atoms with Gasteiger partial charge in [0.05, 0.1) is 0 Å². The summed E-state index contributed by atoms with van der Waals surface area (Å²) in [6.07, 6.45) is 2.62. The number of nitrogens with zero attached hydrogens (tertiary/aromatic N) is 2. The van der Waals surface area contributed by atoms with E-state index in [4.69, 9.17) is 9.97 Å². The highest BCUT2D eigenvalue weighted by atomic mass is 15.0. The summed E-state index contributed by atoms with van der Waals surface area (Å²) in [5.41, 5.74) is 6.57. The highest BCUT2D eigenvalue weighted by Gasteiger charge is 2.13. The molecule has 0 radical (unpaired) electrons. The molecule has 0 aliphatic rings. The zero-order valence-electron chi connectivity index (χ0n) is 15.0. The summed E-state index contributed by atoms with van der Waals surface area (Å²) in [6, 6.07) is 16.4. The summed E-state index contributed by atoms with van der Waals surface area (Å²) >= 11 is 0. The van der Waals surface area contributed by atoms with E-state index in [1.807, 2.05) is 43.3 Å². The van der Waals surface area contributed by atoms with Crippen molar-refractivity contribution >= 4 is 11.5 Å². The normalized spacial score (nSPS) is 10.5. The number of allylic oxidation sites excluding steroid dienone is 1. The van der Waals surface area contributed by atoms with Gasteiger partial charge in [-0.1, -0.05) is 54.1 Å². The van der Waals surface area contributed by atoms with Crippen LogP contribution in [0.3, 0.4) is 0 Å². The fourth-order valence-electron chi connectivity index (χ4n) is 2.89. The fraction of sp³-hybridized carbons (Fsp3) is 0.182. The molecule has 0 saturated carbocycles. The van der Waals surface area contributed by atoms with Gasteiger partial charge < -0.3 is 5.32 Å². The SMILES string of the molecule is C=CCc1c(C)nc(-c2ccccc2)nc1Nc1ccc(C)cc1C. The zero-order chi connectivity index (χ0) is 17.8. The molecule has 0 atom stereocenters. The molecule has 25 heavy (non-hydrogen) atoms. The van der Waals surface area contributed by atoms with Crippen molar-refractivity contribution in [2.45, 2.75) is 27.2 Å². The van der Waals surface area contributed by atoms with Gasteiger partial charge in [-0.3, -0.25) is 0 Å². The van der Waals surface area contributed by atoms with Crippen LogP contribution in [0.5, 0.6) is 0 Å². The van der Waals surface area contributed by atoms with Crippen LogP contribution in [0.15, 0.2) is 61.2 Å². The minimum atomic E-state index is 0.730. The van der Waals surface area contributed by atoms with Crippen molar-refractivity contribution in [3.63, 3.8) is 0 Å². The molecule has 0 unspecified atom stereocenters. The number of anilines is 2. The van der Waals surface area contributed by atoms with Crippen LogP contribution >= 0.6 is 0 Å². The largest absolute Gasteiger partial charge is 0.340 e. The van der Waals surface area contributed by atoms with Gasteiger partial charge in [-0.2, -0.15) is 0 Å². The van der Waals surface area contributed by atoms with Crippen LogP contribution in [0.25, 0.3) is 11.4 Å². The molecule has 3 nitrogen and oxygen atoms in total. The maximum Gasteiger partial charge on any atom is 0.161 e. The Morgan fingerprint density at radius 2 is 1.76 bits per heavy atom. The molecule has 3 aromatic rings. The van der Waals surface area contributed by atoms with Crippen molar-refractivity contribution in [3.8, 4) is 11.4 Å². The number of hydrogen-bond acceptors (Lipinski definition) is 3. The van der Waals surface area contributed by atoms with Gasteiger partial charge in [-0.25, -0.2) is 9.97 Å². The Morgan fingerprint density at radius 1 is 1.00 bits per heavy atom. The third-order valence-electron chi connectivity index (χ3n) is 4.23. The van der Waals surface area contributed by atoms with Gasteiger partial charge >= 0.3 is 0 Å². The van der Waals surface area contributed by atoms with Crippen molar-refractivity contribution < 1.29 is 0 Å². The standard InChI is InChI=1S/C22H23N3/c1-5-9-19-17(4)23-21(18-10-7-6-8-11-18)25-22(19)24-20-13-12-15(2)14-16(20)3/h5-8,10-14H,1,9H2,2-4H3,(H,23,24,25). The topological polar surface area (TPSA) is 37.8 Å². The van der Waals surface area contributed by atoms with Crippen LogP contribution in [-0.4, -0.2) is 9.97 Å². The second kappa shape index (κ2) is 7.31. The Labute approximate surface area is 149 Å². The van der Waals surface area contributed by atoms with Gasteiger partial charge in [-0.15, -0.1) is 6.58 Å². The van der Waals surface area contributed by atoms with E-state index in [1.165, 1.54) is 11.1 Å². The molecule has 3 heteroatoms. The first-order valence-electron chi connectivity index (χ1n) is 8.46. The number of rotatable bonds is 5. The first-order valence-corrected chi connectivity index (χ1v) is 8.46. The molecule has 126 valence electrons. The molecule has 2 aromatic carbocycles. The summed E-state index contributed by atoms with van der Waals surface area (Å²) in [5, 5.41) is 3.50. The van der Waals surface area contributed by atoms with Gasteiger partial charge in [0.25, 0.3) is 0 Å². The van der Waals surface area contributed by atoms with Gasteiger partial charge in [0.1, 0.15) is 5.82 Å². The Bertz CT molecular complexity index is 899. The average molecular weight is 329 g/mol. The Hall–Kier alpha value is -2.94. The predicted molar refractivity (Wildman–Crippen MR) is 105 cm³/mol. The lowest BCUT2D eigenvalue weighted by atomic mass is 10.1. The van der Waals surface area contributed by atoms with Crippen molar-refractivity contribution in [1.82, 2.24) is 9.97 Å². The lowest BCUT2D eigenvalue weighted by molar-refractivity contribution is 1.04. The summed E-state index contributed by atoms with van der Waals surface area (Å²) in [5.74, 6) is 1.58. The summed E-state index contributed by atoms with van der Waals surface area (Å²) < 4.78 is 0. The average Bonchev–Trinajstić information content (AvgIpc) is 2.61. The minimum absolute atomic E-state index is 0.730. The second-order valence-electron chi connectivity index (χ2n) is 6.26. The molecule has 0 fully saturated rings. The minimum Gasteiger partial charge on any atom is -0.340 e. The molecule has 0 saturated heterocycles. The number of aryl methyl sites for hydroxylation is 3. The third-order valence-corrected chi connectivity index (χ3v) is 4.23. The van der Waals surface area contributed by atoms with Crippen molar-refractivity contribution in [2.24, 2.45) is 0 Å². The highest BCUT2D eigenvalue weighted by molar-refractivity contribution is 5.67. The molecule has 0 spiro atoms. The predicted octanol–water partition coefficient (Wildman–Crippen LogP) is 5.54. The van der Waals surface area contributed by atoms with E-state index in [9.17, 15) is 0 Å². The fourth-order valence-corrected chi connectivity index (χ4v) is 2.89. The van der Waals surface area contributed by atoms with Crippen LogP contribution in [0.2, 0.25) is 0 Å². The summed E-state index contributed by atoms with van der Waals surface area (Å²) in [6.45, 7) is 10.1. The molecule has 1 heterocycles. The smallest absolute Gasteiger partial charge is 0.161 e. The van der Waals surface area contributed by atoms with Gasteiger partial charge in [-0.05, 0) is 38.8 Å². The van der Waals surface area contributed by atoms with E-state index in [-0.39, 0.29) is 0 Å². The van der Waals surface area contributed by atoms with E-state index in [0.717, 1.165) is 40.6 Å². The van der Waals surface area contributed by atoms with Crippen molar-refractivity contribution in [3.05, 3.63) is 83.6 Å². The van der Waals surface area contributed by atoms with Gasteiger partial charge in [0, 0.05) is 22.5 Å². The van der Waals surface area contributed by atoms with E-state index in [2.05, 4.69) is 43.9 Å². The Kier molecular flexibility index (Phi) is 4.94. The van der Waals surface area contributed by atoms with Crippen LogP contribution in [0.4, 0.5) is 11.5 Å². The molecule has 1 aromatic heterocycles. The van der Waals surface area contributed by atoms with Crippen LogP contribution in [0, 0.1) is 20.8 Å². The molecular formula is C22H23N3. The number of aromatic nitrogens is 2. The Balaban J connectivity index is 2.08. The van der Waals surface area contributed by atoms with Crippen molar-refractivity contribution in [1.29, 1.82) is 0 Å². The molecule has 3 rings (SSSR count). The monoisotopic (exact) mass is 329 g/mol. The summed E-state index contributed by atoms with van der Waals surface area (Å²) in [4.78, 5) is 9.51. The summed E-state index contributed by atoms with van der Waals surface area (Å²) in [7, 11) is 0. The number of nitrogens with one attached hydrogen (secondary N) is 1. The Morgan fingerprint density at radius 3 is 2.44 bits per heavy atom. The molecule has 0 bridgehead atoms. The number of hydrogen-bond donors (Lipinski definition) is 1.